The van der Waals surface area contributed by atoms with Crippen molar-refractivity contribution in [2.75, 3.05) is 13.1 Å². The Morgan fingerprint density at radius 1 is 1.07 bits per heavy atom. The van der Waals surface area contributed by atoms with E-state index in [1.54, 1.807) is 12.1 Å². The summed E-state index contributed by atoms with van der Waals surface area (Å²) in [7, 11) is 0. The highest BCUT2D eigenvalue weighted by Gasteiger charge is 2.41. The second-order valence-electron chi connectivity index (χ2n) is 11.8. The number of carboxylic acids is 1. The molecule has 45 heavy (non-hydrogen) atoms. The summed E-state index contributed by atoms with van der Waals surface area (Å²) in [6.07, 6.45) is -0.319. The number of nitrogens with zero attached hydrogens (tertiary/aromatic N) is 4. The first-order valence-electron chi connectivity index (χ1n) is 14.9. The van der Waals surface area contributed by atoms with Crippen LogP contribution in [0.3, 0.4) is 0 Å². The molecule has 0 bridgehead atoms. The average molecular weight is 639 g/mol. The molecule has 1 amide bonds. The zero-order valence-electron chi connectivity index (χ0n) is 25.1. The largest absolute Gasteiger partial charge is 0.489 e. The fraction of sp³-hybridized carbons (Fsp3) is 0.394. The summed E-state index contributed by atoms with van der Waals surface area (Å²) in [6, 6.07) is 10.9. The number of benzene rings is 1. The number of pyridine rings is 1. The smallest absolute Gasteiger partial charge is 0.434 e. The van der Waals surface area contributed by atoms with Crippen LogP contribution in [-0.4, -0.2) is 49.7 Å². The van der Waals surface area contributed by atoms with Gasteiger partial charge in [-0.2, -0.15) is 18.3 Å². The number of aromatic nitrogens is 3. The maximum Gasteiger partial charge on any atom is 0.434 e. The van der Waals surface area contributed by atoms with E-state index < -0.39 is 23.4 Å². The highest BCUT2D eigenvalue weighted by molar-refractivity contribution is 7.15. The molecule has 1 N–H and O–H groups in total. The van der Waals surface area contributed by atoms with Gasteiger partial charge in [-0.05, 0) is 87.3 Å². The monoisotopic (exact) mass is 638 g/mol. The lowest BCUT2D eigenvalue weighted by Crippen LogP contribution is -2.38. The number of amides is 1. The van der Waals surface area contributed by atoms with E-state index in [4.69, 9.17) is 4.74 Å². The Kier molecular flexibility index (Phi) is 8.19. The molecule has 0 unspecified atom stereocenters. The normalized spacial score (nSPS) is 15.8. The molecule has 3 aromatic heterocycles. The molecule has 0 atom stereocenters. The number of carboxylic acid groups (broad SMARTS) is 1. The van der Waals surface area contributed by atoms with Crippen molar-refractivity contribution in [2.45, 2.75) is 65.2 Å². The number of carbonyl (C=O) groups is 2. The Morgan fingerprint density at radius 2 is 1.80 bits per heavy atom. The van der Waals surface area contributed by atoms with Gasteiger partial charge >= 0.3 is 12.1 Å². The molecule has 2 aliphatic rings. The number of rotatable bonds is 8. The Bertz CT molecular complexity index is 1770. The SMILES string of the molecule is Cc1cc(C2CCN(C(=O)C3CC3)CC2)ccc1OCc1c(-c2cccc(-n3ncc(C(=O)O)c3C(F)(F)F)n2)sc(C)c1C. The lowest BCUT2D eigenvalue weighted by molar-refractivity contribution is -0.143. The van der Waals surface area contributed by atoms with Gasteiger partial charge in [-0.3, -0.25) is 4.79 Å². The Morgan fingerprint density at radius 3 is 2.44 bits per heavy atom. The molecule has 1 saturated heterocycles. The standard InChI is InChI=1S/C33H33F3N4O4S/c1-18-15-23(21-11-13-39(14-12-21)31(41)22-7-8-22)9-10-27(18)44-17-25-19(2)20(3)45-29(25)26-5-4-6-28(38-26)40-30(33(34,35)36)24(16-37-40)32(42)43/h4-6,9-10,15-16,21-22H,7-8,11-14,17H2,1-3H3,(H,42,43). The van der Waals surface area contributed by atoms with Crippen molar-refractivity contribution in [1.82, 2.24) is 19.7 Å². The number of piperidine rings is 1. The van der Waals surface area contributed by atoms with Gasteiger partial charge in [0.25, 0.3) is 0 Å². The third-order valence-electron chi connectivity index (χ3n) is 8.74. The van der Waals surface area contributed by atoms with Crippen molar-refractivity contribution in [3.8, 4) is 22.1 Å². The number of hydrogen-bond acceptors (Lipinski definition) is 6. The molecule has 8 nitrogen and oxygen atoms in total. The van der Waals surface area contributed by atoms with Crippen LogP contribution in [0.15, 0.2) is 42.6 Å². The van der Waals surface area contributed by atoms with Gasteiger partial charge in [0.05, 0.1) is 16.8 Å². The quantitative estimate of drug-likeness (QED) is 0.217. The molecule has 4 heterocycles. The predicted octanol–water partition coefficient (Wildman–Crippen LogP) is 7.33. The molecule has 1 saturated carbocycles. The summed E-state index contributed by atoms with van der Waals surface area (Å²) in [5, 5.41) is 13.0. The van der Waals surface area contributed by atoms with Gasteiger partial charge in [-0.1, -0.05) is 18.2 Å². The minimum Gasteiger partial charge on any atom is -0.489 e. The van der Waals surface area contributed by atoms with Crippen molar-refractivity contribution in [1.29, 1.82) is 0 Å². The molecule has 6 rings (SSSR count). The van der Waals surface area contributed by atoms with Crippen LogP contribution in [0.5, 0.6) is 5.75 Å². The highest BCUT2D eigenvalue weighted by atomic mass is 32.1. The lowest BCUT2D eigenvalue weighted by Gasteiger charge is -2.32. The van der Waals surface area contributed by atoms with E-state index >= 15 is 0 Å². The summed E-state index contributed by atoms with van der Waals surface area (Å²) in [6.45, 7) is 7.78. The number of alkyl halides is 3. The second-order valence-corrected chi connectivity index (χ2v) is 13.0. The first-order valence-corrected chi connectivity index (χ1v) is 15.7. The van der Waals surface area contributed by atoms with Crippen molar-refractivity contribution in [2.24, 2.45) is 5.92 Å². The van der Waals surface area contributed by atoms with E-state index in [1.807, 2.05) is 31.7 Å². The van der Waals surface area contributed by atoms with Crippen LogP contribution in [0.4, 0.5) is 13.2 Å². The van der Waals surface area contributed by atoms with Gasteiger partial charge in [0.1, 0.15) is 17.9 Å². The van der Waals surface area contributed by atoms with Crippen LogP contribution in [0, 0.1) is 26.7 Å². The van der Waals surface area contributed by atoms with Crippen LogP contribution in [0.1, 0.15) is 74.8 Å². The summed E-state index contributed by atoms with van der Waals surface area (Å²) in [5.41, 5.74) is 2.23. The number of aromatic carboxylic acids is 1. The van der Waals surface area contributed by atoms with Gasteiger partial charge in [0.2, 0.25) is 5.91 Å². The molecule has 236 valence electrons. The van der Waals surface area contributed by atoms with Gasteiger partial charge in [-0.25, -0.2) is 14.5 Å². The van der Waals surface area contributed by atoms with Gasteiger partial charge in [-0.15, -0.1) is 11.3 Å². The summed E-state index contributed by atoms with van der Waals surface area (Å²) < 4.78 is 48.4. The van der Waals surface area contributed by atoms with Crippen molar-refractivity contribution in [3.63, 3.8) is 0 Å². The summed E-state index contributed by atoms with van der Waals surface area (Å²) >= 11 is 1.47. The van der Waals surface area contributed by atoms with E-state index in [1.165, 1.54) is 23.0 Å². The number of ether oxygens (including phenoxy) is 1. The minimum absolute atomic E-state index is 0.142. The summed E-state index contributed by atoms with van der Waals surface area (Å²) in [4.78, 5) is 32.2. The first kappa shape index (κ1) is 30.8. The number of thiophene rings is 1. The number of halogens is 3. The van der Waals surface area contributed by atoms with Crippen LogP contribution < -0.4 is 4.74 Å². The van der Waals surface area contributed by atoms with Crippen LogP contribution >= 0.6 is 11.3 Å². The molecule has 0 spiro atoms. The molecule has 1 aromatic carbocycles. The topological polar surface area (TPSA) is 97.6 Å². The fourth-order valence-corrected chi connectivity index (χ4v) is 7.07. The predicted molar refractivity (Wildman–Crippen MR) is 163 cm³/mol. The average Bonchev–Trinajstić information content (AvgIpc) is 3.69. The zero-order chi connectivity index (χ0) is 32.0. The Hall–Kier alpha value is -4.19. The minimum atomic E-state index is -4.95. The van der Waals surface area contributed by atoms with Crippen LogP contribution in [0.25, 0.3) is 16.4 Å². The lowest BCUT2D eigenvalue weighted by atomic mass is 9.88. The maximum atomic E-state index is 13.8. The summed E-state index contributed by atoms with van der Waals surface area (Å²) in [5.74, 6) is -0.162. The third-order valence-corrected chi connectivity index (χ3v) is 10.0. The molecule has 2 fully saturated rings. The zero-order valence-corrected chi connectivity index (χ0v) is 26.0. The Balaban J connectivity index is 1.20. The number of carbonyl (C=O) groups excluding carboxylic acids is 1. The van der Waals surface area contributed by atoms with E-state index in [9.17, 15) is 27.9 Å². The van der Waals surface area contributed by atoms with E-state index in [-0.39, 0.29) is 18.3 Å². The van der Waals surface area contributed by atoms with Crippen molar-refractivity contribution >= 4 is 23.2 Å². The fourth-order valence-electron chi connectivity index (χ4n) is 5.93. The first-order chi connectivity index (χ1) is 21.4. The van der Waals surface area contributed by atoms with E-state index in [2.05, 4.69) is 22.2 Å². The van der Waals surface area contributed by atoms with Crippen molar-refractivity contribution < 1.29 is 32.6 Å². The van der Waals surface area contributed by atoms with E-state index in [0.29, 0.717) is 28.4 Å². The van der Waals surface area contributed by atoms with Crippen LogP contribution in [-0.2, 0) is 17.6 Å². The van der Waals surface area contributed by atoms with Crippen LogP contribution in [0.2, 0.25) is 0 Å². The number of likely N-dealkylation sites (tertiary alicyclic amines) is 1. The molecule has 0 radical (unpaired) electrons. The van der Waals surface area contributed by atoms with Gasteiger partial charge in [0, 0.05) is 29.4 Å². The van der Waals surface area contributed by atoms with E-state index in [0.717, 1.165) is 71.0 Å². The molecular weight excluding hydrogens is 605 g/mol. The third kappa shape index (κ3) is 6.20. The molecule has 1 aliphatic heterocycles. The number of hydrogen-bond donors (Lipinski definition) is 1. The molecular formula is C33H33F3N4O4S. The molecule has 12 heteroatoms. The molecule has 1 aliphatic carbocycles. The van der Waals surface area contributed by atoms with Gasteiger partial charge < -0.3 is 14.7 Å². The highest BCUT2D eigenvalue weighted by Crippen LogP contribution is 2.39. The Labute approximate surface area is 262 Å². The second kappa shape index (κ2) is 12.0. The number of aryl methyl sites for hydroxylation is 2. The van der Waals surface area contributed by atoms with Crippen molar-refractivity contribution in [3.05, 3.63) is 81.0 Å². The molecule has 4 aromatic rings. The maximum absolute atomic E-state index is 13.8. The van der Waals surface area contributed by atoms with Gasteiger partial charge in [0.15, 0.2) is 11.5 Å².